The van der Waals surface area contributed by atoms with Gasteiger partial charge >= 0.3 is 0 Å². The second kappa shape index (κ2) is 5.34. The molecule has 2 rings (SSSR count). The average molecular weight is 202 g/mol. The lowest BCUT2D eigenvalue weighted by atomic mass is 10.1. The quantitative estimate of drug-likeness (QED) is 0.583. The Hall–Kier alpha value is -0.780. The summed E-state index contributed by atoms with van der Waals surface area (Å²) in [7, 11) is 0. The molecule has 0 spiro atoms. The second-order valence-corrected chi connectivity index (χ2v) is 4.86. The van der Waals surface area contributed by atoms with Crippen molar-refractivity contribution in [3.8, 4) is 0 Å². The predicted octanol–water partition coefficient (Wildman–Crippen LogP) is 4.76. The number of rotatable bonds is 6. The first-order valence-electron chi connectivity index (χ1n) is 6.46. The minimum absolute atomic E-state index is 0.896. The Morgan fingerprint density at radius 1 is 1.07 bits per heavy atom. The van der Waals surface area contributed by atoms with Gasteiger partial charge in [-0.15, -0.1) is 0 Å². The van der Waals surface area contributed by atoms with Gasteiger partial charge in [0.25, 0.3) is 0 Å². The van der Waals surface area contributed by atoms with E-state index in [2.05, 4.69) is 37.3 Å². The fourth-order valence-electron chi connectivity index (χ4n) is 2.51. The molecule has 0 heterocycles. The maximum Gasteiger partial charge on any atom is -0.0131 e. The maximum atomic E-state index is 2.29. The van der Waals surface area contributed by atoms with Crippen molar-refractivity contribution in [3.63, 3.8) is 0 Å². The van der Waals surface area contributed by atoms with E-state index in [9.17, 15) is 0 Å². The third kappa shape index (κ3) is 3.09. The summed E-state index contributed by atoms with van der Waals surface area (Å²) in [4.78, 5) is 0. The monoisotopic (exact) mass is 202 g/mol. The summed E-state index contributed by atoms with van der Waals surface area (Å²) in [6, 6.07) is 11.0. The Kier molecular flexibility index (Phi) is 3.82. The zero-order chi connectivity index (χ0) is 10.5. The smallest absolute Gasteiger partial charge is 0.0131 e. The van der Waals surface area contributed by atoms with Crippen LogP contribution < -0.4 is 0 Å². The molecule has 1 aliphatic carbocycles. The molecule has 0 aliphatic heterocycles. The summed E-state index contributed by atoms with van der Waals surface area (Å²) in [5.41, 5.74) is 1.57. The molecule has 2 atom stereocenters. The van der Waals surface area contributed by atoms with Crippen LogP contribution >= 0.6 is 0 Å². The fraction of sp³-hybridized carbons (Fsp3) is 0.600. The number of hydrogen-bond acceptors (Lipinski definition) is 0. The lowest BCUT2D eigenvalue weighted by Gasteiger charge is -2.00. The molecule has 0 unspecified atom stereocenters. The second-order valence-electron chi connectivity index (χ2n) is 4.86. The van der Waals surface area contributed by atoms with Crippen LogP contribution in [0.15, 0.2) is 30.3 Å². The van der Waals surface area contributed by atoms with E-state index < -0.39 is 0 Å². The van der Waals surface area contributed by atoms with Gasteiger partial charge in [-0.1, -0.05) is 62.9 Å². The SMILES string of the molecule is CCCCCC[C@@H]1C[C@H]1c1ccccc1. The van der Waals surface area contributed by atoms with Gasteiger partial charge in [0.05, 0.1) is 0 Å². The summed E-state index contributed by atoms with van der Waals surface area (Å²) in [6.45, 7) is 2.28. The van der Waals surface area contributed by atoms with Crippen LogP contribution in [0.1, 0.15) is 56.9 Å². The molecule has 0 radical (unpaired) electrons. The molecule has 0 N–H and O–H groups in total. The van der Waals surface area contributed by atoms with Crippen LogP contribution in [0, 0.1) is 5.92 Å². The van der Waals surface area contributed by atoms with E-state index in [0.29, 0.717) is 0 Å². The minimum Gasteiger partial charge on any atom is -0.0654 e. The molecule has 1 aliphatic rings. The Morgan fingerprint density at radius 3 is 2.60 bits per heavy atom. The van der Waals surface area contributed by atoms with Crippen LogP contribution in [0.2, 0.25) is 0 Å². The van der Waals surface area contributed by atoms with Crippen molar-refractivity contribution in [2.75, 3.05) is 0 Å². The van der Waals surface area contributed by atoms with Crippen molar-refractivity contribution in [2.45, 2.75) is 51.4 Å². The standard InChI is InChI=1S/C15H22/c1-2-3-4-6-11-14-12-15(14)13-9-7-5-8-10-13/h5,7-10,14-15H,2-4,6,11-12H2,1H3/t14-,15+/m1/s1. The summed E-state index contributed by atoms with van der Waals surface area (Å²) >= 11 is 0. The third-order valence-electron chi connectivity index (χ3n) is 3.58. The molecule has 0 bridgehead atoms. The van der Waals surface area contributed by atoms with Crippen molar-refractivity contribution in [1.82, 2.24) is 0 Å². The number of unbranched alkanes of at least 4 members (excludes halogenated alkanes) is 3. The lowest BCUT2D eigenvalue weighted by molar-refractivity contribution is 0.589. The van der Waals surface area contributed by atoms with Gasteiger partial charge in [0.2, 0.25) is 0 Å². The van der Waals surface area contributed by atoms with Gasteiger partial charge in [-0.2, -0.15) is 0 Å². The molecule has 15 heavy (non-hydrogen) atoms. The van der Waals surface area contributed by atoms with Gasteiger partial charge in [0, 0.05) is 0 Å². The number of hydrogen-bond donors (Lipinski definition) is 0. The van der Waals surface area contributed by atoms with Crippen molar-refractivity contribution in [3.05, 3.63) is 35.9 Å². The summed E-state index contributed by atoms with van der Waals surface area (Å²) in [5.74, 6) is 1.90. The molecule has 0 saturated heterocycles. The van der Waals surface area contributed by atoms with Crippen LogP contribution in [-0.4, -0.2) is 0 Å². The lowest BCUT2D eigenvalue weighted by Crippen LogP contribution is -1.84. The van der Waals surface area contributed by atoms with E-state index in [0.717, 1.165) is 11.8 Å². The molecule has 0 amide bonds. The zero-order valence-electron chi connectivity index (χ0n) is 9.78. The highest BCUT2D eigenvalue weighted by atomic mass is 14.4. The Labute approximate surface area is 93.7 Å². The van der Waals surface area contributed by atoms with Crippen LogP contribution in [-0.2, 0) is 0 Å². The highest BCUT2D eigenvalue weighted by Crippen LogP contribution is 2.50. The zero-order valence-corrected chi connectivity index (χ0v) is 9.78. The molecular weight excluding hydrogens is 180 g/mol. The molecule has 1 aromatic carbocycles. The minimum atomic E-state index is 0.896. The Morgan fingerprint density at radius 2 is 1.87 bits per heavy atom. The van der Waals surface area contributed by atoms with Crippen LogP contribution in [0.4, 0.5) is 0 Å². The topological polar surface area (TPSA) is 0 Å². The summed E-state index contributed by atoms with van der Waals surface area (Å²) in [5, 5.41) is 0. The summed E-state index contributed by atoms with van der Waals surface area (Å²) in [6.07, 6.45) is 8.56. The van der Waals surface area contributed by atoms with Gasteiger partial charge < -0.3 is 0 Å². The van der Waals surface area contributed by atoms with Crippen LogP contribution in [0.3, 0.4) is 0 Å². The molecule has 1 fully saturated rings. The van der Waals surface area contributed by atoms with Crippen LogP contribution in [0.25, 0.3) is 0 Å². The van der Waals surface area contributed by atoms with E-state index in [-0.39, 0.29) is 0 Å². The largest absolute Gasteiger partial charge is 0.0654 e. The maximum absolute atomic E-state index is 2.29. The first kappa shape index (κ1) is 10.7. The molecule has 0 aromatic heterocycles. The normalized spacial score (nSPS) is 24.1. The molecule has 82 valence electrons. The molecule has 0 heteroatoms. The van der Waals surface area contributed by atoms with Crippen LogP contribution in [0.5, 0.6) is 0 Å². The average Bonchev–Trinajstić information content (AvgIpc) is 3.05. The van der Waals surface area contributed by atoms with Gasteiger partial charge in [-0.25, -0.2) is 0 Å². The molecular formula is C15H22. The van der Waals surface area contributed by atoms with E-state index in [4.69, 9.17) is 0 Å². The Balaban J connectivity index is 1.68. The molecule has 1 aromatic rings. The van der Waals surface area contributed by atoms with E-state index in [1.807, 2.05) is 0 Å². The van der Waals surface area contributed by atoms with E-state index in [1.54, 1.807) is 5.56 Å². The van der Waals surface area contributed by atoms with Crippen molar-refractivity contribution in [2.24, 2.45) is 5.92 Å². The Bertz CT molecular complexity index is 275. The van der Waals surface area contributed by atoms with Crippen molar-refractivity contribution < 1.29 is 0 Å². The van der Waals surface area contributed by atoms with Gasteiger partial charge in [-0.3, -0.25) is 0 Å². The van der Waals surface area contributed by atoms with Crippen molar-refractivity contribution >= 4 is 0 Å². The predicted molar refractivity (Wildman–Crippen MR) is 66.0 cm³/mol. The fourth-order valence-corrected chi connectivity index (χ4v) is 2.51. The highest BCUT2D eigenvalue weighted by molar-refractivity contribution is 5.25. The van der Waals surface area contributed by atoms with E-state index in [1.165, 1.54) is 38.5 Å². The van der Waals surface area contributed by atoms with Gasteiger partial charge in [0.15, 0.2) is 0 Å². The van der Waals surface area contributed by atoms with Gasteiger partial charge in [0.1, 0.15) is 0 Å². The van der Waals surface area contributed by atoms with Crippen molar-refractivity contribution in [1.29, 1.82) is 0 Å². The third-order valence-corrected chi connectivity index (χ3v) is 3.58. The van der Waals surface area contributed by atoms with E-state index >= 15 is 0 Å². The first-order valence-corrected chi connectivity index (χ1v) is 6.46. The first-order chi connectivity index (χ1) is 7.42. The molecule has 0 nitrogen and oxygen atoms in total. The van der Waals surface area contributed by atoms with Gasteiger partial charge in [-0.05, 0) is 30.2 Å². The highest BCUT2D eigenvalue weighted by Gasteiger charge is 2.36. The molecule has 1 saturated carbocycles. The number of benzene rings is 1. The summed E-state index contributed by atoms with van der Waals surface area (Å²) < 4.78 is 0.